The summed E-state index contributed by atoms with van der Waals surface area (Å²) in [5.41, 5.74) is 7.14. The summed E-state index contributed by atoms with van der Waals surface area (Å²) in [6.45, 7) is 4.41. The zero-order valence-electron chi connectivity index (χ0n) is 14.2. The van der Waals surface area contributed by atoms with Crippen LogP contribution < -0.4 is 16.5 Å². The molecule has 0 bridgehead atoms. The summed E-state index contributed by atoms with van der Waals surface area (Å²) in [5, 5.41) is 11.2. The van der Waals surface area contributed by atoms with Crippen LogP contribution in [0.2, 0.25) is 0 Å². The number of carbonyl (C=O) groups excluding carboxylic acids is 2. The monoisotopic (exact) mass is 345 g/mol. The smallest absolute Gasteiger partial charge is 0.267 e. The Morgan fingerprint density at radius 3 is 2.32 bits per heavy atom. The van der Waals surface area contributed by atoms with Crippen LogP contribution in [0.3, 0.4) is 0 Å². The molecule has 0 spiro atoms. The van der Waals surface area contributed by atoms with Crippen LogP contribution in [0.4, 0.5) is 4.39 Å². The van der Waals surface area contributed by atoms with Crippen LogP contribution in [0, 0.1) is 23.7 Å². The summed E-state index contributed by atoms with van der Waals surface area (Å²) in [6, 6.07) is 5.10. The summed E-state index contributed by atoms with van der Waals surface area (Å²) < 4.78 is 12.5. The lowest BCUT2D eigenvalue weighted by Gasteiger charge is -2.29. The molecule has 0 aliphatic heterocycles. The van der Waals surface area contributed by atoms with Crippen molar-refractivity contribution in [1.82, 2.24) is 10.8 Å². The molecule has 1 aromatic carbocycles. The molecule has 5 N–H and O–H groups in total. The second-order valence-corrected chi connectivity index (χ2v) is 5.92. The first-order valence-corrected chi connectivity index (χ1v) is 7.44. The van der Waals surface area contributed by atoms with Crippen molar-refractivity contribution in [2.24, 2.45) is 5.73 Å². The van der Waals surface area contributed by atoms with Gasteiger partial charge in [-0.3, -0.25) is 14.8 Å². The van der Waals surface area contributed by atoms with E-state index >= 15 is 0 Å². The molecular weight excluding hydrogens is 325 g/mol. The largest absolute Gasteiger partial charge is 0.338 e. The minimum absolute atomic E-state index is 0.286. The highest BCUT2D eigenvalue weighted by atomic mass is 19.1. The molecular formula is C18H20FN3O3. The Hall–Kier alpha value is -2.87. The topological polar surface area (TPSA) is 104 Å². The van der Waals surface area contributed by atoms with Gasteiger partial charge in [0.05, 0.1) is 0 Å². The molecule has 25 heavy (non-hydrogen) atoms. The van der Waals surface area contributed by atoms with E-state index in [1.165, 1.54) is 24.5 Å². The van der Waals surface area contributed by atoms with E-state index in [9.17, 15) is 14.0 Å². The molecule has 1 aromatic rings. The zero-order valence-corrected chi connectivity index (χ0v) is 14.2. The number of hydrogen-bond acceptors (Lipinski definition) is 4. The highest BCUT2D eigenvalue weighted by molar-refractivity contribution is 5.97. The number of nitrogens with two attached hydrogens (primary N) is 1. The van der Waals surface area contributed by atoms with E-state index in [1.807, 2.05) is 0 Å². The lowest BCUT2D eigenvalue weighted by Crippen LogP contribution is -2.61. The average Bonchev–Trinajstić information content (AvgIpc) is 2.55. The van der Waals surface area contributed by atoms with Gasteiger partial charge in [0.1, 0.15) is 6.04 Å². The number of halogens is 1. The molecule has 7 heteroatoms. The first kappa shape index (κ1) is 20.2. The molecule has 0 heterocycles. The fourth-order valence-corrected chi connectivity index (χ4v) is 1.81. The highest BCUT2D eigenvalue weighted by Gasteiger charge is 2.33. The molecule has 0 aliphatic carbocycles. The number of benzene rings is 1. The second kappa shape index (κ2) is 8.84. The summed E-state index contributed by atoms with van der Waals surface area (Å²) in [5.74, 6) is 8.54. The first-order valence-electron chi connectivity index (χ1n) is 7.44. The Morgan fingerprint density at radius 1 is 1.24 bits per heavy atom. The number of hydroxylamine groups is 1. The van der Waals surface area contributed by atoms with E-state index in [2.05, 4.69) is 29.0 Å². The molecule has 0 saturated heterocycles. The second-order valence-electron chi connectivity index (χ2n) is 5.92. The number of hydrogen-bond donors (Lipinski definition) is 4. The normalized spacial score (nSPS) is 12.6. The van der Waals surface area contributed by atoms with E-state index in [1.54, 1.807) is 26.0 Å². The summed E-state index contributed by atoms with van der Waals surface area (Å²) in [7, 11) is 0. The molecule has 0 fully saturated rings. The molecule has 0 unspecified atom stereocenters. The van der Waals surface area contributed by atoms with Gasteiger partial charge in [0.15, 0.2) is 6.17 Å². The minimum Gasteiger partial charge on any atom is -0.338 e. The van der Waals surface area contributed by atoms with Crippen molar-refractivity contribution < 1.29 is 19.2 Å². The third-order valence-corrected chi connectivity index (χ3v) is 3.08. The Bertz CT molecular complexity index is 744. The van der Waals surface area contributed by atoms with Crippen molar-refractivity contribution in [3.63, 3.8) is 0 Å². The molecule has 0 saturated carbocycles. The highest BCUT2D eigenvalue weighted by Crippen LogP contribution is 2.08. The van der Waals surface area contributed by atoms with Gasteiger partial charge < -0.3 is 11.1 Å². The maximum Gasteiger partial charge on any atom is 0.267 e. The van der Waals surface area contributed by atoms with Gasteiger partial charge >= 0.3 is 0 Å². The molecule has 0 aromatic heterocycles. The van der Waals surface area contributed by atoms with Gasteiger partial charge in [-0.2, -0.15) is 0 Å². The number of amides is 2. The molecule has 1 rings (SSSR count). The number of nitrogens with one attached hydrogen (secondary N) is 2. The van der Waals surface area contributed by atoms with Crippen LogP contribution in [0.1, 0.15) is 36.7 Å². The van der Waals surface area contributed by atoms with Crippen LogP contribution in [0.5, 0.6) is 0 Å². The van der Waals surface area contributed by atoms with E-state index in [4.69, 9.17) is 10.9 Å². The van der Waals surface area contributed by atoms with Crippen LogP contribution in [-0.4, -0.2) is 34.8 Å². The van der Waals surface area contributed by atoms with Crippen LogP contribution >= 0.6 is 0 Å². The van der Waals surface area contributed by atoms with E-state index in [0.29, 0.717) is 5.56 Å². The van der Waals surface area contributed by atoms with Crippen LogP contribution in [0.15, 0.2) is 24.3 Å². The van der Waals surface area contributed by atoms with E-state index < -0.39 is 29.6 Å². The zero-order chi connectivity index (χ0) is 19.0. The lowest BCUT2D eigenvalue weighted by molar-refractivity contribution is -0.132. The lowest BCUT2D eigenvalue weighted by atomic mass is 9.95. The van der Waals surface area contributed by atoms with Crippen molar-refractivity contribution in [1.29, 1.82) is 0 Å². The Morgan fingerprint density at radius 2 is 1.84 bits per heavy atom. The molecule has 2 atom stereocenters. The maximum atomic E-state index is 12.5. The van der Waals surface area contributed by atoms with Crippen molar-refractivity contribution in [2.75, 3.05) is 0 Å². The molecule has 0 radical (unpaired) electrons. The van der Waals surface area contributed by atoms with Gasteiger partial charge in [-0.25, -0.2) is 9.87 Å². The van der Waals surface area contributed by atoms with Gasteiger partial charge in [-0.05, 0) is 56.9 Å². The van der Waals surface area contributed by atoms with Crippen molar-refractivity contribution in [2.45, 2.75) is 38.5 Å². The quantitative estimate of drug-likeness (QED) is 0.367. The number of carbonyl (C=O) groups is 2. The number of rotatable bonds is 4. The standard InChI is InChI=1S/C18H20FN3O3/c1-12(19)6-4-5-7-13-8-10-14(11-9-13)16(23)21-15(17(24)22-25)18(2,3)20/h8-12,15,25H,20H2,1-3H3,(H,21,23)(H,22,24)/t12-,15-/m1/s1. The van der Waals surface area contributed by atoms with Gasteiger partial charge in [0, 0.05) is 16.7 Å². The molecule has 132 valence electrons. The Labute approximate surface area is 145 Å². The first-order chi connectivity index (χ1) is 11.6. The Balaban J connectivity index is 2.86. The molecule has 6 nitrogen and oxygen atoms in total. The fraction of sp³-hybridized carbons (Fsp3) is 0.333. The van der Waals surface area contributed by atoms with Gasteiger partial charge in [-0.15, -0.1) is 0 Å². The van der Waals surface area contributed by atoms with Crippen molar-refractivity contribution in [3.05, 3.63) is 35.4 Å². The minimum atomic E-state index is -1.24. The van der Waals surface area contributed by atoms with Crippen LogP contribution in [-0.2, 0) is 4.79 Å². The Kier molecular flexibility index (Phi) is 7.13. The predicted molar refractivity (Wildman–Crippen MR) is 91.1 cm³/mol. The summed E-state index contributed by atoms with van der Waals surface area (Å²) >= 11 is 0. The van der Waals surface area contributed by atoms with E-state index in [0.717, 1.165) is 0 Å². The van der Waals surface area contributed by atoms with Crippen LogP contribution in [0.25, 0.3) is 0 Å². The predicted octanol–water partition coefficient (Wildman–Crippen LogP) is 0.741. The third-order valence-electron chi connectivity index (χ3n) is 3.08. The SMILES string of the molecule is C[C@@H](F)C#CC#Cc1ccc(C(=O)N[C@H](C(=O)NO)C(C)(C)N)cc1. The van der Waals surface area contributed by atoms with Gasteiger partial charge in [-0.1, -0.05) is 11.8 Å². The van der Waals surface area contributed by atoms with Crippen molar-refractivity contribution in [3.8, 4) is 23.7 Å². The maximum absolute atomic E-state index is 12.5. The van der Waals surface area contributed by atoms with Gasteiger partial charge in [0.2, 0.25) is 0 Å². The fourth-order valence-electron chi connectivity index (χ4n) is 1.81. The number of alkyl halides is 1. The molecule has 0 aliphatic rings. The van der Waals surface area contributed by atoms with Gasteiger partial charge in [0.25, 0.3) is 11.8 Å². The average molecular weight is 345 g/mol. The molecule has 2 amide bonds. The summed E-state index contributed by atoms with van der Waals surface area (Å²) in [4.78, 5) is 23.9. The van der Waals surface area contributed by atoms with Crippen molar-refractivity contribution >= 4 is 11.8 Å². The summed E-state index contributed by atoms with van der Waals surface area (Å²) in [6.07, 6.45) is -1.24. The van der Waals surface area contributed by atoms with E-state index in [-0.39, 0.29) is 5.56 Å². The third kappa shape index (κ3) is 6.64.